The Hall–Kier alpha value is -1.52. The summed E-state index contributed by atoms with van der Waals surface area (Å²) in [5, 5.41) is -0.140. The highest BCUT2D eigenvalue weighted by Gasteiger charge is 2.16. The molecule has 0 fully saturated rings. The van der Waals surface area contributed by atoms with Gasteiger partial charge in [0, 0.05) is 5.02 Å². The Morgan fingerprint density at radius 2 is 1.81 bits per heavy atom. The third-order valence-corrected chi connectivity index (χ3v) is 3.67. The summed E-state index contributed by atoms with van der Waals surface area (Å²) in [5.41, 5.74) is 1.27. The van der Waals surface area contributed by atoms with Gasteiger partial charge in [-0.25, -0.2) is 0 Å². The molecule has 0 amide bonds. The molecule has 0 aliphatic heterocycles. The minimum atomic E-state index is -2.88. The quantitative estimate of drug-likeness (QED) is 0.693. The fourth-order valence-corrected chi connectivity index (χ4v) is 2.53. The van der Waals surface area contributed by atoms with Gasteiger partial charge < -0.3 is 9.47 Å². The molecule has 1 unspecified atom stereocenters. The van der Waals surface area contributed by atoms with Crippen LogP contribution in [0.2, 0.25) is 5.02 Å². The van der Waals surface area contributed by atoms with Gasteiger partial charge in [0.15, 0.2) is 0 Å². The number of alkyl halides is 3. The molecular formula is C15H12Cl2F2O2. The van der Waals surface area contributed by atoms with E-state index in [0.29, 0.717) is 21.9 Å². The van der Waals surface area contributed by atoms with Crippen molar-refractivity contribution in [1.29, 1.82) is 0 Å². The molecule has 0 N–H and O–H groups in total. The zero-order valence-corrected chi connectivity index (χ0v) is 12.5. The van der Waals surface area contributed by atoms with Gasteiger partial charge in [-0.1, -0.05) is 29.8 Å². The average molecular weight is 333 g/mol. The monoisotopic (exact) mass is 332 g/mol. The van der Waals surface area contributed by atoms with E-state index in [9.17, 15) is 8.78 Å². The smallest absolute Gasteiger partial charge is 0.387 e. The maximum absolute atomic E-state index is 12.2. The van der Waals surface area contributed by atoms with E-state index in [1.165, 1.54) is 19.2 Å². The Bertz CT molecular complexity index is 620. The van der Waals surface area contributed by atoms with Crippen LogP contribution >= 0.6 is 23.2 Å². The van der Waals surface area contributed by atoms with E-state index >= 15 is 0 Å². The molecule has 2 nitrogen and oxygen atoms in total. The summed E-state index contributed by atoms with van der Waals surface area (Å²) in [6, 6.07) is 11.3. The first-order valence-corrected chi connectivity index (χ1v) is 6.85. The van der Waals surface area contributed by atoms with E-state index < -0.39 is 12.0 Å². The van der Waals surface area contributed by atoms with Crippen LogP contribution in [0.4, 0.5) is 8.78 Å². The van der Waals surface area contributed by atoms with Crippen molar-refractivity contribution < 1.29 is 18.3 Å². The third-order valence-electron chi connectivity index (χ3n) is 2.86. The molecule has 1 atom stereocenters. The summed E-state index contributed by atoms with van der Waals surface area (Å²) >= 11 is 12.5. The van der Waals surface area contributed by atoms with Crippen LogP contribution in [0.3, 0.4) is 0 Å². The van der Waals surface area contributed by atoms with Gasteiger partial charge >= 0.3 is 6.61 Å². The van der Waals surface area contributed by atoms with Gasteiger partial charge in [0.05, 0.1) is 12.5 Å². The summed E-state index contributed by atoms with van der Waals surface area (Å²) in [6.07, 6.45) is 0. The highest BCUT2D eigenvalue weighted by atomic mass is 35.5. The molecule has 0 aliphatic rings. The van der Waals surface area contributed by atoms with Gasteiger partial charge in [0.25, 0.3) is 0 Å². The van der Waals surface area contributed by atoms with Crippen LogP contribution < -0.4 is 9.47 Å². The average Bonchev–Trinajstić information content (AvgIpc) is 2.46. The lowest BCUT2D eigenvalue weighted by Crippen LogP contribution is -2.03. The van der Waals surface area contributed by atoms with Crippen molar-refractivity contribution >= 4 is 23.2 Å². The molecule has 0 spiro atoms. The number of methoxy groups -OCH3 is 1. The zero-order chi connectivity index (χ0) is 15.4. The molecule has 2 aromatic carbocycles. The van der Waals surface area contributed by atoms with Crippen LogP contribution in [0.15, 0.2) is 42.5 Å². The van der Waals surface area contributed by atoms with E-state index in [4.69, 9.17) is 27.9 Å². The topological polar surface area (TPSA) is 18.5 Å². The predicted molar refractivity (Wildman–Crippen MR) is 78.8 cm³/mol. The second-order valence-electron chi connectivity index (χ2n) is 4.20. The van der Waals surface area contributed by atoms with Gasteiger partial charge in [0.2, 0.25) is 0 Å². The lowest BCUT2D eigenvalue weighted by Gasteiger charge is -2.14. The molecule has 0 saturated carbocycles. The molecule has 0 heterocycles. The van der Waals surface area contributed by atoms with Crippen LogP contribution in [0.25, 0.3) is 0 Å². The normalized spacial score (nSPS) is 12.3. The fraction of sp³-hybridized carbons (Fsp3) is 0.200. The van der Waals surface area contributed by atoms with Gasteiger partial charge in [0.1, 0.15) is 11.5 Å². The van der Waals surface area contributed by atoms with E-state index in [1.807, 2.05) is 0 Å². The molecule has 0 bridgehead atoms. The maximum atomic E-state index is 12.2. The molecular weight excluding hydrogens is 321 g/mol. The zero-order valence-electron chi connectivity index (χ0n) is 11.0. The van der Waals surface area contributed by atoms with Crippen molar-refractivity contribution in [2.45, 2.75) is 12.0 Å². The number of rotatable bonds is 5. The molecule has 0 saturated heterocycles. The van der Waals surface area contributed by atoms with Crippen molar-refractivity contribution in [3.63, 3.8) is 0 Å². The molecule has 2 aromatic rings. The van der Waals surface area contributed by atoms with Crippen molar-refractivity contribution in [3.05, 3.63) is 58.6 Å². The summed E-state index contributed by atoms with van der Waals surface area (Å²) in [5.74, 6) is 0.667. The van der Waals surface area contributed by atoms with Gasteiger partial charge in [-0.3, -0.25) is 0 Å². The number of hydrogen-bond acceptors (Lipinski definition) is 2. The Balaban J connectivity index is 2.29. The van der Waals surface area contributed by atoms with E-state index in [0.717, 1.165) is 0 Å². The Kier molecular flexibility index (Phi) is 5.26. The summed E-state index contributed by atoms with van der Waals surface area (Å²) in [7, 11) is 1.54. The standard InChI is InChI=1S/C15H12Cl2F2O2/c1-20-10-5-6-12(13(16)8-10)14(17)9-3-2-4-11(7-9)21-15(18)19/h2-8,14-15H,1H3. The van der Waals surface area contributed by atoms with Gasteiger partial charge in [-0.2, -0.15) is 8.78 Å². The second-order valence-corrected chi connectivity index (χ2v) is 5.04. The molecule has 21 heavy (non-hydrogen) atoms. The van der Waals surface area contributed by atoms with Crippen molar-refractivity contribution in [2.24, 2.45) is 0 Å². The second kappa shape index (κ2) is 6.96. The van der Waals surface area contributed by atoms with Crippen molar-refractivity contribution in [1.82, 2.24) is 0 Å². The molecule has 112 valence electrons. The third kappa shape index (κ3) is 3.99. The van der Waals surface area contributed by atoms with Crippen molar-refractivity contribution in [3.8, 4) is 11.5 Å². The Morgan fingerprint density at radius 3 is 2.43 bits per heavy atom. The summed E-state index contributed by atoms with van der Waals surface area (Å²) < 4.78 is 33.9. The first-order valence-electron chi connectivity index (χ1n) is 6.03. The van der Waals surface area contributed by atoms with E-state index in [1.54, 1.807) is 30.3 Å². The van der Waals surface area contributed by atoms with Gasteiger partial charge in [-0.05, 0) is 35.4 Å². The number of hydrogen-bond donors (Lipinski definition) is 0. The fourth-order valence-electron chi connectivity index (χ4n) is 1.87. The molecule has 0 aromatic heterocycles. The largest absolute Gasteiger partial charge is 0.497 e. The van der Waals surface area contributed by atoms with Crippen LogP contribution in [0.5, 0.6) is 11.5 Å². The minimum Gasteiger partial charge on any atom is -0.497 e. The minimum absolute atomic E-state index is 0.0535. The van der Waals surface area contributed by atoms with E-state index in [2.05, 4.69) is 4.74 Å². The Labute approximate surface area is 131 Å². The van der Waals surface area contributed by atoms with Crippen molar-refractivity contribution in [2.75, 3.05) is 7.11 Å². The molecule has 6 heteroatoms. The molecule has 0 radical (unpaired) electrons. The first kappa shape index (κ1) is 15.9. The number of ether oxygens (including phenoxy) is 2. The molecule has 0 aliphatic carbocycles. The predicted octanol–water partition coefficient (Wildman–Crippen LogP) is 5.28. The van der Waals surface area contributed by atoms with E-state index in [-0.39, 0.29) is 5.75 Å². The lowest BCUT2D eigenvalue weighted by molar-refractivity contribution is -0.0498. The molecule has 2 rings (SSSR count). The van der Waals surface area contributed by atoms with Gasteiger partial charge in [-0.15, -0.1) is 11.6 Å². The Morgan fingerprint density at radius 1 is 1.05 bits per heavy atom. The number of benzene rings is 2. The maximum Gasteiger partial charge on any atom is 0.387 e. The lowest BCUT2D eigenvalue weighted by atomic mass is 10.0. The van der Waals surface area contributed by atoms with Crippen LogP contribution in [-0.2, 0) is 0 Å². The SMILES string of the molecule is COc1ccc(C(Cl)c2cccc(OC(F)F)c2)c(Cl)c1. The highest BCUT2D eigenvalue weighted by Crippen LogP contribution is 2.36. The van der Waals surface area contributed by atoms with Crippen LogP contribution in [0, 0.1) is 0 Å². The highest BCUT2D eigenvalue weighted by molar-refractivity contribution is 6.33. The summed E-state index contributed by atoms with van der Waals surface area (Å²) in [6.45, 7) is -2.88. The van der Waals surface area contributed by atoms with Crippen LogP contribution in [0.1, 0.15) is 16.5 Å². The van der Waals surface area contributed by atoms with Crippen LogP contribution in [-0.4, -0.2) is 13.7 Å². The summed E-state index contributed by atoms with van der Waals surface area (Å²) in [4.78, 5) is 0. The number of halogens is 4. The first-order chi connectivity index (χ1) is 10.0.